The van der Waals surface area contributed by atoms with Crippen molar-refractivity contribution in [2.45, 2.75) is 85.4 Å². The number of piperidine rings is 1. The molecule has 17 rings (SSSR count). The summed E-state index contributed by atoms with van der Waals surface area (Å²) in [6.45, 7) is 13.3. The van der Waals surface area contributed by atoms with Crippen molar-refractivity contribution in [3.63, 3.8) is 0 Å². The molecule has 16 heterocycles. The predicted octanol–water partition coefficient (Wildman–Crippen LogP) is 9.94. The third kappa shape index (κ3) is 13.6. The van der Waals surface area contributed by atoms with Crippen LogP contribution in [0.5, 0.6) is 0 Å². The Balaban J connectivity index is 0.000000108. The second-order valence-corrected chi connectivity index (χ2v) is 23.1. The Morgan fingerprint density at radius 3 is 1.19 bits per heavy atom. The van der Waals surface area contributed by atoms with E-state index in [-0.39, 0.29) is 6.10 Å². The van der Waals surface area contributed by atoms with Gasteiger partial charge in [-0.15, -0.1) is 0 Å². The maximum Gasteiger partial charge on any atom is 0.216 e. The molecule has 0 radical (unpaired) electrons. The van der Waals surface area contributed by atoms with Crippen LogP contribution in [0, 0.1) is 27.7 Å². The summed E-state index contributed by atoms with van der Waals surface area (Å²) >= 11 is 0. The van der Waals surface area contributed by atoms with Gasteiger partial charge in [0.25, 0.3) is 0 Å². The lowest BCUT2D eigenvalue weighted by Gasteiger charge is -2.30. The summed E-state index contributed by atoms with van der Waals surface area (Å²) < 4.78 is 7.65. The molecular formula is C64H70N28O. The fourth-order valence-electron chi connectivity index (χ4n) is 11.4. The van der Waals surface area contributed by atoms with Crippen LogP contribution in [0.4, 0.5) is 64.5 Å². The van der Waals surface area contributed by atoms with Crippen LogP contribution in [0.2, 0.25) is 0 Å². The van der Waals surface area contributed by atoms with Crippen LogP contribution in [-0.2, 0) is 13.1 Å². The molecule has 3 aliphatic rings. The van der Waals surface area contributed by atoms with Crippen molar-refractivity contribution in [3.8, 4) is 11.3 Å². The predicted molar refractivity (Wildman–Crippen MR) is 356 cm³/mol. The Kier molecular flexibility index (Phi) is 16.7. The molecule has 0 unspecified atom stereocenters. The minimum atomic E-state index is -0.203. The van der Waals surface area contributed by atoms with Gasteiger partial charge in [-0.25, -0.2) is 24.9 Å². The molecule has 472 valence electrons. The van der Waals surface area contributed by atoms with E-state index in [1.165, 1.54) is 36.8 Å². The zero-order valence-electron chi connectivity index (χ0n) is 51.8. The number of aliphatic hydroxyl groups excluding tert-OH is 1. The highest BCUT2D eigenvalue weighted by Crippen LogP contribution is 2.31. The van der Waals surface area contributed by atoms with E-state index in [0.29, 0.717) is 23.7 Å². The van der Waals surface area contributed by atoms with Gasteiger partial charge in [-0.1, -0.05) is 37.1 Å². The fourth-order valence-corrected chi connectivity index (χ4v) is 11.4. The Morgan fingerprint density at radius 1 is 0.419 bits per heavy atom. The molecule has 0 saturated carbocycles. The van der Waals surface area contributed by atoms with E-state index in [0.717, 1.165) is 150 Å². The maximum atomic E-state index is 9.68. The number of anilines is 11. The second kappa shape index (κ2) is 26.4. The van der Waals surface area contributed by atoms with Crippen molar-refractivity contribution in [2.24, 2.45) is 0 Å². The van der Waals surface area contributed by atoms with Crippen LogP contribution >= 0.6 is 0 Å². The lowest BCUT2D eigenvalue weighted by atomic mass is 10.1. The molecule has 0 spiro atoms. The molecule has 0 bridgehead atoms. The zero-order chi connectivity index (χ0) is 63.2. The Labute approximate surface area is 532 Å². The number of H-pyrrole nitrogens is 4. The van der Waals surface area contributed by atoms with Gasteiger partial charge in [-0.05, 0) is 76.6 Å². The quantitative estimate of drug-likeness (QED) is 0.0549. The van der Waals surface area contributed by atoms with Crippen molar-refractivity contribution in [1.82, 2.24) is 103 Å². The van der Waals surface area contributed by atoms with E-state index in [1.54, 1.807) is 37.2 Å². The summed E-state index contributed by atoms with van der Waals surface area (Å²) in [7, 11) is 0. The van der Waals surface area contributed by atoms with Crippen molar-refractivity contribution in [1.29, 1.82) is 0 Å². The Hall–Kier alpha value is -11.8. The number of hydrogen-bond acceptors (Lipinski definition) is 21. The van der Waals surface area contributed by atoms with Gasteiger partial charge in [0.2, 0.25) is 23.8 Å². The molecule has 14 aromatic rings. The molecule has 9 N–H and O–H groups in total. The Bertz CT molecular complexity index is 4770. The summed E-state index contributed by atoms with van der Waals surface area (Å²) in [6, 6.07) is 28.1. The number of nitrogens with one attached hydrogen (secondary N) is 8. The van der Waals surface area contributed by atoms with Crippen LogP contribution in [0.15, 0.2) is 147 Å². The first-order valence-corrected chi connectivity index (χ1v) is 31.0. The summed E-state index contributed by atoms with van der Waals surface area (Å²) in [4.78, 5) is 47.6. The molecule has 93 heavy (non-hydrogen) atoms. The van der Waals surface area contributed by atoms with E-state index in [2.05, 4.69) is 137 Å². The zero-order valence-corrected chi connectivity index (χ0v) is 51.8. The maximum absolute atomic E-state index is 9.68. The molecule has 0 aliphatic carbocycles. The molecule has 3 aliphatic heterocycles. The number of pyridine rings is 1. The minimum Gasteiger partial charge on any atom is -0.393 e. The van der Waals surface area contributed by atoms with E-state index in [9.17, 15) is 5.11 Å². The van der Waals surface area contributed by atoms with E-state index in [4.69, 9.17) is 15.0 Å². The Morgan fingerprint density at radius 2 is 0.806 bits per heavy atom. The van der Waals surface area contributed by atoms with Crippen LogP contribution in [0.25, 0.3) is 33.8 Å². The third-order valence-electron chi connectivity index (χ3n) is 16.1. The molecule has 0 atom stereocenters. The van der Waals surface area contributed by atoms with Gasteiger partial charge in [0, 0.05) is 178 Å². The van der Waals surface area contributed by atoms with Gasteiger partial charge >= 0.3 is 0 Å². The monoisotopic (exact) mass is 1250 g/mol. The van der Waals surface area contributed by atoms with Crippen molar-refractivity contribution in [2.75, 3.05) is 62.1 Å². The normalized spacial score (nSPS) is 14.1. The van der Waals surface area contributed by atoms with Gasteiger partial charge in [-0.2, -0.15) is 35.3 Å². The number of rotatable bonds is 12. The molecular weight excluding hydrogens is 1180 g/mol. The first-order chi connectivity index (χ1) is 45.5. The number of imidazole rings is 4. The fraction of sp³-hybridized carbons (Fsp3) is 0.266. The number of nitrogens with zero attached hydrogens (tertiary/aromatic N) is 20. The molecule has 2 fully saturated rings. The number of aromatic amines is 4. The van der Waals surface area contributed by atoms with Crippen LogP contribution in [0.1, 0.15) is 72.4 Å². The van der Waals surface area contributed by atoms with Gasteiger partial charge in [-0.3, -0.25) is 43.0 Å². The summed E-state index contributed by atoms with van der Waals surface area (Å²) in [5, 5.41) is 51.2. The van der Waals surface area contributed by atoms with E-state index < -0.39 is 0 Å². The number of aromatic nitrogens is 21. The first kappa shape index (κ1) is 58.9. The molecule has 2 saturated heterocycles. The number of benzene rings is 1. The van der Waals surface area contributed by atoms with Crippen LogP contribution in [0.3, 0.4) is 0 Å². The van der Waals surface area contributed by atoms with Crippen molar-refractivity contribution >= 4 is 87.1 Å². The lowest BCUT2D eigenvalue weighted by Crippen LogP contribution is -2.36. The van der Waals surface area contributed by atoms with Crippen LogP contribution in [-0.4, -0.2) is 141 Å². The summed E-state index contributed by atoms with van der Waals surface area (Å²) in [5.74, 6) is 8.46. The number of hydrogen-bond donors (Lipinski definition) is 9. The van der Waals surface area contributed by atoms with E-state index in [1.807, 2.05) is 125 Å². The molecule has 13 aromatic heterocycles. The minimum absolute atomic E-state index is 0.203. The highest BCUT2D eigenvalue weighted by Gasteiger charge is 2.23. The average Bonchev–Trinajstić information content (AvgIpc) is 3.45. The molecule has 1 aromatic carbocycles. The molecule has 29 nitrogen and oxygen atoms in total. The largest absolute Gasteiger partial charge is 0.393 e. The highest BCUT2D eigenvalue weighted by atomic mass is 16.3. The standard InChI is InChI=1S/C18H17N7.C16H21N7.C15H19N7O.C15H13N7/c1-12-8-15(23-22-12)20-18-21-17(9-16-19-6-7-25(16)18)24-10-13-4-2-3-5-14(13)11-24;1-12-10-13(21-20-12)18-16-19-15(11-14-17-6-9-23(14)16)22-7-4-2-3-5-8-22;1-10-8-12(20-19-10)17-15-18-14(9-13-16-4-7-22(13)15)21-5-2-11(23)3-6-21;1-10-7-13(21-20-10)19-15-18-12(11-3-2-4-16-9-11)8-14-17-5-6-22(14)15/h2-9H,10-11H2,1H3,(H2,20,21,22,23);6,9-11H,2-5,7-8H2,1H3,(H2,18,19,20,21);4,7-9,11,23H,2-3,5-6H2,1H3,(H2,17,18,19,20);2-9H,1H3,(H2,18,19,20,21). The topological polar surface area (TPSA) is 326 Å². The van der Waals surface area contributed by atoms with Gasteiger partial charge in [0.05, 0.1) is 11.8 Å². The molecule has 0 amide bonds. The van der Waals surface area contributed by atoms with Crippen molar-refractivity contribution < 1.29 is 5.11 Å². The van der Waals surface area contributed by atoms with Gasteiger partial charge < -0.3 is 41.1 Å². The van der Waals surface area contributed by atoms with Crippen LogP contribution < -0.4 is 36.0 Å². The molecule has 29 heteroatoms. The lowest BCUT2D eigenvalue weighted by molar-refractivity contribution is 0.145. The van der Waals surface area contributed by atoms with Gasteiger partial charge in [0.15, 0.2) is 23.3 Å². The smallest absolute Gasteiger partial charge is 0.216 e. The van der Waals surface area contributed by atoms with Gasteiger partial charge in [0.1, 0.15) is 40.0 Å². The number of fused-ring (bicyclic) bond motifs is 5. The summed E-state index contributed by atoms with van der Waals surface area (Å²) in [5.41, 5.74) is 11.8. The van der Waals surface area contributed by atoms with Crippen molar-refractivity contribution in [3.05, 3.63) is 181 Å². The second-order valence-electron chi connectivity index (χ2n) is 23.1. The highest BCUT2D eigenvalue weighted by molar-refractivity contribution is 5.68. The SMILES string of the molecule is Cc1cc(Nc2nc(-c3cccnc3)cc3nccn23)n[nH]1.Cc1cc(Nc2nc(N3CCC(O)CC3)cc3nccn23)n[nH]1.Cc1cc(Nc2nc(N3CCCCCC3)cc3nccn23)n[nH]1.Cc1cc(Nc2nc(N3Cc4ccccc4C3)cc3nccn23)n[nH]1. The number of aryl methyl sites for hydroxylation is 4. The first-order valence-electron chi connectivity index (χ1n) is 31.0. The average molecular weight is 1250 g/mol. The van der Waals surface area contributed by atoms with E-state index >= 15 is 0 Å². The third-order valence-corrected chi connectivity index (χ3v) is 16.1. The summed E-state index contributed by atoms with van der Waals surface area (Å²) in [6.07, 6.45) is 24.5. The number of aliphatic hydroxyl groups is 1.